The maximum Gasteiger partial charge on any atom is 0.472 e. The summed E-state index contributed by atoms with van der Waals surface area (Å²) in [6.45, 7) is -4.89. The molecule has 4 saturated heterocycles. The van der Waals surface area contributed by atoms with Gasteiger partial charge < -0.3 is 91.9 Å². The van der Waals surface area contributed by atoms with E-state index in [0.29, 0.717) is 4.57 Å². The van der Waals surface area contributed by atoms with Crippen molar-refractivity contribution in [2.45, 2.75) is 98.2 Å². The third-order valence-electron chi connectivity index (χ3n) is 13.9. The summed E-state index contributed by atoms with van der Waals surface area (Å²) in [5.41, 5.74) is 17.1. The summed E-state index contributed by atoms with van der Waals surface area (Å²) in [6, 6.07) is 1.09. The Morgan fingerprint density at radius 1 is 0.456 bits per heavy atom. The van der Waals surface area contributed by atoms with Gasteiger partial charge in [-0.25, -0.2) is 38.0 Å². The highest BCUT2D eigenvalue weighted by atomic mass is 31.2. The number of nitrogen functional groups attached to an aromatic ring is 4. The number of nitrogens with two attached hydrogens (primary N) is 4. The minimum atomic E-state index is -5.84. The minimum Gasteiger partial charge on any atom is -0.387 e. The third-order valence-corrected chi connectivity index (χ3v) is 17.4. The molecular weight excluding hydrogens is 1310 g/mol. The lowest BCUT2D eigenvalue weighted by atomic mass is 10.1. The van der Waals surface area contributed by atoms with Crippen molar-refractivity contribution in [2.75, 3.05) is 49.4 Å². The lowest BCUT2D eigenvalue weighted by molar-refractivity contribution is -0.0633. The molecule has 7 aromatic rings. The van der Waals surface area contributed by atoms with Crippen molar-refractivity contribution < 1.29 is 119 Å². The zero-order valence-electron chi connectivity index (χ0n) is 44.7. The number of phosphoric ester groups is 4. The number of nitrogens with zero attached hydrogens (tertiary/aromatic N) is 11. The van der Waals surface area contributed by atoms with E-state index in [4.69, 9.17) is 69.0 Å². The Morgan fingerprint density at radius 3 is 1.13 bits per heavy atom. The predicted octanol–water partition coefficient (Wildman–Crippen LogP) is -7.02. The molecule has 7 aromatic heterocycles. The molecule has 19 atom stereocenters. The number of nitrogens with one attached hydrogen (secondary N) is 3. The highest BCUT2D eigenvalue weighted by Crippen LogP contribution is 2.54. The van der Waals surface area contributed by atoms with Gasteiger partial charge in [0, 0.05) is 6.20 Å². The van der Waals surface area contributed by atoms with E-state index in [1.807, 2.05) is 0 Å². The second-order valence-corrected chi connectivity index (χ2v) is 25.3. The number of aliphatic hydroxyl groups is 5. The maximum absolute atomic E-state index is 14.2. The first kappa shape index (κ1) is 64.7. The number of anilines is 4. The zero-order valence-corrected chi connectivity index (χ0v) is 48.3. The topological polar surface area (TPSA) is 702 Å². The smallest absolute Gasteiger partial charge is 0.387 e. The Bertz CT molecular complexity index is 4330. The Balaban J connectivity index is 0.832. The Morgan fingerprint density at radius 2 is 0.778 bits per heavy atom. The van der Waals surface area contributed by atoms with E-state index in [0.717, 1.165) is 44.9 Å². The summed E-state index contributed by atoms with van der Waals surface area (Å²) in [5.74, 6) is -1.57. The maximum atomic E-state index is 14.2. The number of rotatable bonds is 22. The summed E-state index contributed by atoms with van der Waals surface area (Å²) in [5, 5.41) is 56.8. The highest BCUT2D eigenvalue weighted by molar-refractivity contribution is 7.48. The van der Waals surface area contributed by atoms with E-state index in [2.05, 4.69) is 54.4 Å². The summed E-state index contributed by atoms with van der Waals surface area (Å²) in [4.78, 5) is 137. The van der Waals surface area contributed by atoms with Crippen LogP contribution in [0.5, 0.6) is 0 Å². The fraction of sp³-hybridized carbons (Fsp3) is 0.513. The molecule has 4 fully saturated rings. The average molecular weight is 1360 g/mol. The van der Waals surface area contributed by atoms with E-state index in [9.17, 15) is 87.4 Å². The van der Waals surface area contributed by atoms with Crippen molar-refractivity contribution in [3.63, 3.8) is 0 Å². The number of phosphoric acid groups is 4. The fourth-order valence-corrected chi connectivity index (χ4v) is 13.2. The van der Waals surface area contributed by atoms with Crippen LogP contribution in [0, 0.1) is 0 Å². The molecule has 0 radical (unpaired) electrons. The Kier molecular flexibility index (Phi) is 17.5. The lowest BCUT2D eigenvalue weighted by Crippen LogP contribution is -2.38. The van der Waals surface area contributed by atoms with Crippen LogP contribution in [0.2, 0.25) is 0 Å². The number of fused-ring (bicyclic) bond motifs is 3. The highest BCUT2D eigenvalue weighted by Gasteiger charge is 2.55. The number of imidazole rings is 3. The fourth-order valence-electron chi connectivity index (χ4n) is 9.97. The molecule has 11 rings (SSSR count). The van der Waals surface area contributed by atoms with Crippen LogP contribution in [0.4, 0.5) is 23.7 Å². The normalized spacial score (nSPS) is 31.0. The van der Waals surface area contributed by atoms with Crippen LogP contribution < -0.4 is 45.3 Å². The molecule has 21 N–H and O–H groups in total. The monoisotopic (exact) mass is 1360 g/mol. The first-order valence-corrected chi connectivity index (χ1v) is 31.5. The van der Waals surface area contributed by atoms with Crippen molar-refractivity contribution >= 4 is 88.4 Å². The van der Waals surface area contributed by atoms with Crippen LogP contribution in [-0.4, -0.2) is 218 Å². The van der Waals surface area contributed by atoms with Gasteiger partial charge in [0.1, 0.15) is 79.1 Å². The van der Waals surface area contributed by atoms with Gasteiger partial charge in [0.2, 0.25) is 17.8 Å². The zero-order chi connectivity index (χ0) is 64.8. The van der Waals surface area contributed by atoms with Crippen molar-refractivity contribution in [1.82, 2.24) is 68.1 Å². The van der Waals surface area contributed by atoms with Crippen LogP contribution >= 0.6 is 31.3 Å². The van der Waals surface area contributed by atoms with Gasteiger partial charge in [0.25, 0.3) is 16.7 Å². The SMILES string of the molecule is Nc1ccn([C@@H]2O[C@H](COP(=O)(O)O)[C@@H](OP(=O)(O)OC[C@H]3O[C@@H](n4cnc5c(=O)[nH]c(N)nc54)[C@H](O)[C@@H]3OP(=O)(O)OC[C@H]3O[C@@H](n4cnc5c(=O)[nH]c(N)nc54)[C@H](O)[C@@H]3OP(=O)(O)OC[C@H]3O[C@@H](n4cnc5c(=O)[nH]c(N)nc54)[C@H](O)[C@@H]3O)[C@H]2O)c(=O)n1. The van der Waals surface area contributed by atoms with Crippen LogP contribution in [-0.2, 0) is 68.9 Å². The number of H-pyrrole nitrogens is 3. The lowest BCUT2D eigenvalue weighted by Gasteiger charge is -2.26. The molecule has 3 unspecified atom stereocenters. The first-order valence-electron chi connectivity index (χ1n) is 25.5. The number of hydrogen-bond acceptors (Lipinski definition) is 35. The number of hydrogen-bond donors (Lipinski definition) is 17. The quantitative estimate of drug-likeness (QED) is 0.0280. The van der Waals surface area contributed by atoms with E-state index in [1.165, 1.54) is 0 Å². The molecule has 490 valence electrons. The molecule has 0 aliphatic carbocycles. The van der Waals surface area contributed by atoms with Gasteiger partial charge in [0.05, 0.1) is 45.4 Å². The molecule has 0 aromatic carbocycles. The molecule has 90 heavy (non-hydrogen) atoms. The van der Waals surface area contributed by atoms with Crippen LogP contribution in [0.1, 0.15) is 24.9 Å². The molecule has 4 aliphatic heterocycles. The summed E-state index contributed by atoms with van der Waals surface area (Å²) in [6.07, 6.45) is -28.0. The van der Waals surface area contributed by atoms with Crippen LogP contribution in [0.25, 0.3) is 33.5 Å². The van der Waals surface area contributed by atoms with Crippen molar-refractivity contribution in [2.24, 2.45) is 0 Å². The van der Waals surface area contributed by atoms with Gasteiger partial charge in [0.15, 0.2) is 58.4 Å². The Labute approximate surface area is 494 Å². The largest absolute Gasteiger partial charge is 0.472 e. The van der Waals surface area contributed by atoms with Crippen molar-refractivity contribution in [3.05, 3.63) is 72.8 Å². The van der Waals surface area contributed by atoms with E-state index in [1.54, 1.807) is 0 Å². The second kappa shape index (κ2) is 24.4. The Hall–Kier alpha value is -6.79. The van der Waals surface area contributed by atoms with Gasteiger partial charge in [-0.15, -0.1) is 0 Å². The first-order chi connectivity index (χ1) is 42.3. The summed E-state index contributed by atoms with van der Waals surface area (Å²) >= 11 is 0. The molecule has 47 nitrogen and oxygen atoms in total. The van der Waals surface area contributed by atoms with E-state index in [-0.39, 0.29) is 39.7 Å². The van der Waals surface area contributed by atoms with Gasteiger partial charge in [-0.05, 0) is 6.07 Å². The van der Waals surface area contributed by atoms with E-state index >= 15 is 0 Å². The van der Waals surface area contributed by atoms with Crippen molar-refractivity contribution in [3.8, 4) is 0 Å². The molecule has 0 spiro atoms. The number of ether oxygens (including phenoxy) is 4. The molecule has 0 bridgehead atoms. The average Bonchev–Trinajstić information content (AvgIpc) is 1.65. The third kappa shape index (κ3) is 13.0. The standard InChI is InChI=1S/C39H50N18O29P4/c40-14-1-2-54(39(66)47-14)33-20(60)23(11(81-33)4-76-87(67,68)69)84-89(72,73)78-6-13-25(22(62)35(83-13)57-9-46-17-28(57)50-38(43)53-31(17)65)86-90(74,75)79-5-12-24(21(61)34(82-12)56-8-45-16-27(56)49-37(42)52-30(16)64)85-88(70,71)77-3-10-18(58)19(59)32(80-10)55-7-44-15-26(55)48-36(41)51-29(15)63/h1-2,7-13,18-25,32-35,58-62H,3-6H2,(H,70,71)(H,72,73)(H,74,75)(H2,40,47,66)(H2,67,68,69)(H3,41,48,51,63)(H3,42,49,52,64)(H3,43,50,53,65)/t10-,11-,12-,13-,18-,19-,20-,21-,22-,23-,24-,25-,32-,33-,34-,35-/m1/s1. The van der Waals surface area contributed by atoms with Gasteiger partial charge in [-0.1, -0.05) is 0 Å². The molecule has 51 heteroatoms. The summed E-state index contributed by atoms with van der Waals surface area (Å²) < 4.78 is 116. The molecule has 0 amide bonds. The van der Waals surface area contributed by atoms with Crippen LogP contribution in [0.3, 0.4) is 0 Å². The second-order valence-electron chi connectivity index (χ2n) is 19.9. The molecule has 4 aliphatic rings. The predicted molar refractivity (Wildman–Crippen MR) is 286 cm³/mol. The van der Waals surface area contributed by atoms with Gasteiger partial charge >= 0.3 is 37.0 Å². The molecular formula is C39H50N18O29P4. The van der Waals surface area contributed by atoms with Gasteiger partial charge in [-0.2, -0.15) is 19.9 Å². The number of aromatic amines is 3. The number of aromatic nitrogens is 14. The van der Waals surface area contributed by atoms with Crippen molar-refractivity contribution in [1.29, 1.82) is 0 Å². The van der Waals surface area contributed by atoms with Gasteiger partial charge in [-0.3, -0.25) is 79.3 Å². The van der Waals surface area contributed by atoms with Crippen LogP contribution in [0.15, 0.2) is 50.4 Å². The minimum absolute atomic E-state index is 0.193. The summed E-state index contributed by atoms with van der Waals surface area (Å²) in [7, 11) is -22.5. The number of aliphatic hydroxyl groups excluding tert-OH is 5. The van der Waals surface area contributed by atoms with E-state index < -0.39 is 196 Å². The molecule has 11 heterocycles. The molecule has 0 saturated carbocycles.